The fourth-order valence-electron chi connectivity index (χ4n) is 1.52. The Morgan fingerprint density at radius 1 is 1.12 bits per heavy atom. The third-order valence-electron chi connectivity index (χ3n) is 2.34. The van der Waals surface area contributed by atoms with E-state index in [4.69, 9.17) is 4.42 Å². The Hall–Kier alpha value is -2.16. The normalized spacial score (nSPS) is 12.0. The Morgan fingerprint density at radius 2 is 1.88 bits per heavy atom. The van der Waals surface area contributed by atoms with Crippen LogP contribution in [0.1, 0.15) is 22.0 Å². The largest absolute Gasteiger partial charge is 0.461 e. The molecule has 2 rings (SSSR count). The molecule has 3 heteroatoms. The number of aldehydes is 1. The summed E-state index contributed by atoms with van der Waals surface area (Å²) in [5.74, 6) is -0.889. The van der Waals surface area contributed by atoms with Crippen molar-refractivity contribution in [3.63, 3.8) is 0 Å². The van der Waals surface area contributed by atoms with Crippen LogP contribution in [0.5, 0.6) is 0 Å². The topological polar surface area (TPSA) is 47.3 Å². The number of hydrogen-bond donors (Lipinski definition) is 0. The van der Waals surface area contributed by atoms with Crippen LogP contribution in [0.2, 0.25) is 0 Å². The van der Waals surface area contributed by atoms with Gasteiger partial charge in [-0.2, -0.15) is 0 Å². The summed E-state index contributed by atoms with van der Waals surface area (Å²) in [7, 11) is 0. The first kappa shape index (κ1) is 10.4. The maximum Gasteiger partial charge on any atom is 0.212 e. The van der Waals surface area contributed by atoms with Gasteiger partial charge in [-0.05, 0) is 17.7 Å². The number of Topliss-reactive ketones (excluding diaryl/α,β-unsaturated/α-hetero) is 1. The minimum Gasteiger partial charge on any atom is -0.461 e. The van der Waals surface area contributed by atoms with Crippen molar-refractivity contribution in [3.8, 4) is 0 Å². The van der Waals surface area contributed by atoms with Gasteiger partial charge >= 0.3 is 0 Å². The molecular weight excluding hydrogens is 204 g/mol. The molecule has 0 spiro atoms. The molecule has 3 nitrogen and oxygen atoms in total. The summed E-state index contributed by atoms with van der Waals surface area (Å²) in [4.78, 5) is 22.9. The quantitative estimate of drug-likeness (QED) is 0.446. The van der Waals surface area contributed by atoms with Gasteiger partial charge in [0.1, 0.15) is 12.2 Å². The summed E-state index contributed by atoms with van der Waals surface area (Å²) < 4.78 is 4.99. The van der Waals surface area contributed by atoms with Crippen LogP contribution < -0.4 is 0 Å². The van der Waals surface area contributed by atoms with E-state index in [-0.39, 0.29) is 11.5 Å². The maximum absolute atomic E-state index is 11.9. The molecule has 0 fully saturated rings. The number of carbonyl (C=O) groups is 2. The highest BCUT2D eigenvalue weighted by atomic mass is 16.3. The van der Waals surface area contributed by atoms with Crippen LogP contribution in [0.3, 0.4) is 0 Å². The van der Waals surface area contributed by atoms with Gasteiger partial charge in [-0.25, -0.2) is 0 Å². The van der Waals surface area contributed by atoms with Crippen molar-refractivity contribution in [2.75, 3.05) is 0 Å². The molecule has 0 N–H and O–H groups in total. The van der Waals surface area contributed by atoms with Gasteiger partial charge in [-0.3, -0.25) is 4.79 Å². The van der Waals surface area contributed by atoms with E-state index in [0.717, 1.165) is 0 Å². The number of benzene rings is 1. The molecule has 1 atom stereocenters. The van der Waals surface area contributed by atoms with Crippen molar-refractivity contribution in [1.29, 1.82) is 0 Å². The van der Waals surface area contributed by atoms with Gasteiger partial charge in [-0.15, -0.1) is 0 Å². The highest BCUT2D eigenvalue weighted by Crippen LogP contribution is 2.19. The maximum atomic E-state index is 11.9. The van der Waals surface area contributed by atoms with Crippen molar-refractivity contribution in [2.24, 2.45) is 0 Å². The minimum atomic E-state index is -0.785. The van der Waals surface area contributed by atoms with E-state index in [0.29, 0.717) is 11.8 Å². The fraction of sp³-hybridized carbons (Fsp3) is 0.0769. The molecule has 0 saturated heterocycles. The van der Waals surface area contributed by atoms with Gasteiger partial charge in [0.25, 0.3) is 0 Å². The van der Waals surface area contributed by atoms with E-state index in [9.17, 15) is 9.59 Å². The Labute approximate surface area is 92.7 Å². The summed E-state index contributed by atoms with van der Waals surface area (Å²) in [6.45, 7) is 0. The van der Waals surface area contributed by atoms with Crippen LogP contribution >= 0.6 is 0 Å². The number of hydrogen-bond acceptors (Lipinski definition) is 3. The third-order valence-corrected chi connectivity index (χ3v) is 2.34. The molecule has 0 radical (unpaired) electrons. The summed E-state index contributed by atoms with van der Waals surface area (Å²) in [5, 5.41) is 0. The lowest BCUT2D eigenvalue weighted by molar-refractivity contribution is -0.108. The summed E-state index contributed by atoms with van der Waals surface area (Å²) in [5.41, 5.74) is 0.680. The molecule has 2 aromatic rings. The van der Waals surface area contributed by atoms with Crippen LogP contribution in [-0.4, -0.2) is 12.1 Å². The van der Waals surface area contributed by atoms with E-state index >= 15 is 0 Å². The number of furan rings is 1. The molecule has 1 unspecified atom stereocenters. The lowest BCUT2D eigenvalue weighted by Gasteiger charge is -2.07. The molecule has 0 aliphatic rings. The van der Waals surface area contributed by atoms with Crippen LogP contribution in [0.15, 0.2) is 53.1 Å². The predicted octanol–water partition coefficient (Wildman–Crippen LogP) is 2.45. The SMILES string of the molecule is O=CC(C(=O)c1ccco1)c1ccccc1. The lowest BCUT2D eigenvalue weighted by Crippen LogP contribution is -2.13. The Balaban J connectivity index is 2.31. The van der Waals surface area contributed by atoms with E-state index in [2.05, 4.69) is 0 Å². The van der Waals surface area contributed by atoms with E-state index < -0.39 is 5.92 Å². The van der Waals surface area contributed by atoms with Gasteiger partial charge in [0.05, 0.1) is 6.26 Å². The molecule has 0 aliphatic heterocycles. The second-order valence-corrected chi connectivity index (χ2v) is 3.37. The van der Waals surface area contributed by atoms with Gasteiger partial charge in [0.15, 0.2) is 5.76 Å². The van der Waals surface area contributed by atoms with Crippen molar-refractivity contribution in [3.05, 3.63) is 60.1 Å². The van der Waals surface area contributed by atoms with Gasteiger partial charge in [0.2, 0.25) is 5.78 Å². The van der Waals surface area contributed by atoms with Crippen LogP contribution in [-0.2, 0) is 4.79 Å². The second-order valence-electron chi connectivity index (χ2n) is 3.37. The zero-order valence-corrected chi connectivity index (χ0v) is 8.50. The van der Waals surface area contributed by atoms with Crippen molar-refractivity contribution < 1.29 is 14.0 Å². The minimum absolute atomic E-state index is 0.209. The molecule has 16 heavy (non-hydrogen) atoms. The second kappa shape index (κ2) is 4.57. The first-order valence-corrected chi connectivity index (χ1v) is 4.91. The molecule has 0 aliphatic carbocycles. The number of carbonyl (C=O) groups excluding carboxylic acids is 2. The zero-order valence-electron chi connectivity index (χ0n) is 8.50. The Morgan fingerprint density at radius 3 is 2.44 bits per heavy atom. The zero-order chi connectivity index (χ0) is 11.4. The molecular formula is C13H10O3. The summed E-state index contributed by atoms with van der Waals surface area (Å²) in [6, 6.07) is 12.1. The van der Waals surface area contributed by atoms with Crippen molar-refractivity contribution in [1.82, 2.24) is 0 Å². The highest BCUT2D eigenvalue weighted by molar-refractivity contribution is 6.07. The highest BCUT2D eigenvalue weighted by Gasteiger charge is 2.23. The lowest BCUT2D eigenvalue weighted by atomic mass is 9.95. The van der Waals surface area contributed by atoms with Crippen LogP contribution in [0.4, 0.5) is 0 Å². The smallest absolute Gasteiger partial charge is 0.212 e. The van der Waals surface area contributed by atoms with Crippen molar-refractivity contribution in [2.45, 2.75) is 5.92 Å². The summed E-state index contributed by atoms with van der Waals surface area (Å²) in [6.07, 6.45) is 2.06. The first-order valence-electron chi connectivity index (χ1n) is 4.91. The number of ketones is 1. The molecule has 0 saturated carbocycles. The molecule has 0 bridgehead atoms. The van der Waals surface area contributed by atoms with E-state index in [1.165, 1.54) is 6.26 Å². The van der Waals surface area contributed by atoms with Gasteiger partial charge in [-0.1, -0.05) is 30.3 Å². The van der Waals surface area contributed by atoms with E-state index in [1.807, 2.05) is 6.07 Å². The standard InChI is InChI=1S/C13H10O3/c14-9-11(10-5-2-1-3-6-10)13(15)12-7-4-8-16-12/h1-9,11H. The summed E-state index contributed by atoms with van der Waals surface area (Å²) >= 11 is 0. The first-order chi connectivity index (χ1) is 7.83. The Bertz CT molecular complexity index is 471. The molecule has 0 amide bonds. The number of rotatable bonds is 4. The fourth-order valence-corrected chi connectivity index (χ4v) is 1.52. The monoisotopic (exact) mass is 214 g/mol. The molecule has 80 valence electrons. The average molecular weight is 214 g/mol. The molecule has 1 heterocycles. The molecule has 1 aromatic carbocycles. The predicted molar refractivity (Wildman–Crippen MR) is 58.3 cm³/mol. The third kappa shape index (κ3) is 1.93. The van der Waals surface area contributed by atoms with Crippen molar-refractivity contribution >= 4 is 12.1 Å². The van der Waals surface area contributed by atoms with Crippen LogP contribution in [0, 0.1) is 0 Å². The average Bonchev–Trinajstić information content (AvgIpc) is 2.85. The van der Waals surface area contributed by atoms with Gasteiger partial charge < -0.3 is 9.21 Å². The van der Waals surface area contributed by atoms with Gasteiger partial charge in [0, 0.05) is 0 Å². The van der Waals surface area contributed by atoms with Crippen LogP contribution in [0.25, 0.3) is 0 Å². The molecule has 1 aromatic heterocycles. The van der Waals surface area contributed by atoms with E-state index in [1.54, 1.807) is 36.4 Å². The Kier molecular flexibility index (Phi) is 2.96.